The summed E-state index contributed by atoms with van der Waals surface area (Å²) in [6.07, 6.45) is 0.673. The molecule has 156 valence electrons. The van der Waals surface area contributed by atoms with E-state index < -0.39 is 15.9 Å². The topological polar surface area (TPSA) is 79.4 Å². The Balaban J connectivity index is 1.42. The summed E-state index contributed by atoms with van der Waals surface area (Å²) in [5.41, 5.74) is 3.91. The van der Waals surface area contributed by atoms with Gasteiger partial charge in [-0.3, -0.25) is 14.4 Å². The molecule has 1 amide bonds. The van der Waals surface area contributed by atoms with Gasteiger partial charge < -0.3 is 0 Å². The van der Waals surface area contributed by atoms with Crippen LogP contribution in [-0.4, -0.2) is 25.9 Å². The van der Waals surface area contributed by atoms with E-state index in [1.165, 1.54) is 27.8 Å². The molecule has 1 N–H and O–H groups in total. The number of amides is 1. The Morgan fingerprint density at radius 3 is 2.77 bits per heavy atom. The Morgan fingerprint density at radius 2 is 1.90 bits per heavy atom. The molecular formula is C23H19N3O3S2. The van der Waals surface area contributed by atoms with Crippen molar-refractivity contribution in [1.82, 2.24) is 4.98 Å². The largest absolute Gasteiger partial charge is 0.298 e. The van der Waals surface area contributed by atoms with Crippen molar-refractivity contribution in [2.75, 3.05) is 16.2 Å². The molecule has 1 aromatic heterocycles. The highest BCUT2D eigenvalue weighted by atomic mass is 32.2. The van der Waals surface area contributed by atoms with E-state index in [2.05, 4.69) is 10.3 Å². The number of nitrogens with one attached hydrogen (secondary N) is 1. The fraction of sp³-hybridized carbons (Fsp3) is 0.130. The lowest BCUT2D eigenvalue weighted by Crippen LogP contribution is -2.29. The van der Waals surface area contributed by atoms with Crippen LogP contribution in [0.5, 0.6) is 0 Å². The van der Waals surface area contributed by atoms with E-state index in [1.807, 2.05) is 49.4 Å². The summed E-state index contributed by atoms with van der Waals surface area (Å²) >= 11 is 1.39. The number of hydrogen-bond acceptors (Lipinski definition) is 5. The Morgan fingerprint density at radius 1 is 1.06 bits per heavy atom. The molecule has 0 saturated carbocycles. The normalized spacial score (nSPS) is 13.4. The Kier molecular flexibility index (Phi) is 4.75. The maximum atomic E-state index is 13.3. The average molecular weight is 450 g/mol. The van der Waals surface area contributed by atoms with E-state index in [4.69, 9.17) is 0 Å². The van der Waals surface area contributed by atoms with E-state index in [1.54, 1.807) is 12.1 Å². The highest BCUT2D eigenvalue weighted by Gasteiger charge is 2.31. The van der Waals surface area contributed by atoms with Crippen molar-refractivity contribution in [3.8, 4) is 0 Å². The third kappa shape index (κ3) is 3.58. The molecule has 0 fully saturated rings. The standard InChI is InChI=1S/C23H19N3O3S2/c1-15-9-10-19-21(13-15)30-23(24-19)25-22(27)17-6-4-7-18(14-17)31(28,29)26-12-11-16-5-2-3-8-20(16)26/h2-10,13-14H,11-12H2,1H3,(H,24,25,27). The lowest BCUT2D eigenvalue weighted by molar-refractivity contribution is 0.102. The van der Waals surface area contributed by atoms with Crippen LogP contribution < -0.4 is 9.62 Å². The molecule has 0 radical (unpaired) electrons. The van der Waals surface area contributed by atoms with Crippen LogP contribution in [0.1, 0.15) is 21.5 Å². The zero-order valence-electron chi connectivity index (χ0n) is 16.7. The number of rotatable bonds is 4. The van der Waals surface area contributed by atoms with Crippen molar-refractivity contribution in [2.45, 2.75) is 18.2 Å². The summed E-state index contributed by atoms with van der Waals surface area (Å²) in [7, 11) is -3.77. The van der Waals surface area contributed by atoms with Crippen LogP contribution >= 0.6 is 11.3 Å². The molecule has 8 heteroatoms. The third-order valence-corrected chi connectivity index (χ3v) is 8.04. The van der Waals surface area contributed by atoms with Gasteiger partial charge in [0.05, 0.1) is 20.8 Å². The smallest absolute Gasteiger partial charge is 0.264 e. The van der Waals surface area contributed by atoms with E-state index in [0.29, 0.717) is 23.8 Å². The zero-order valence-corrected chi connectivity index (χ0v) is 18.3. The number of thiazole rings is 1. The molecule has 4 aromatic rings. The SMILES string of the molecule is Cc1ccc2nc(NC(=O)c3cccc(S(=O)(=O)N4CCc5ccccc54)c3)sc2c1. The number of carbonyl (C=O) groups is 1. The van der Waals surface area contributed by atoms with Crippen LogP contribution in [-0.2, 0) is 16.4 Å². The third-order valence-electron chi connectivity index (χ3n) is 5.29. The molecule has 0 saturated heterocycles. The lowest BCUT2D eigenvalue weighted by atomic mass is 10.2. The van der Waals surface area contributed by atoms with Crippen molar-refractivity contribution >= 4 is 48.3 Å². The van der Waals surface area contributed by atoms with Crippen LogP contribution in [0.25, 0.3) is 10.2 Å². The predicted octanol–water partition coefficient (Wildman–Crippen LogP) is 4.61. The molecule has 3 aromatic carbocycles. The minimum atomic E-state index is -3.77. The zero-order chi connectivity index (χ0) is 21.6. The lowest BCUT2D eigenvalue weighted by Gasteiger charge is -2.19. The summed E-state index contributed by atoms with van der Waals surface area (Å²) in [5.74, 6) is -0.394. The van der Waals surface area contributed by atoms with Crippen molar-refractivity contribution in [3.63, 3.8) is 0 Å². The quantitative estimate of drug-likeness (QED) is 0.494. The summed E-state index contributed by atoms with van der Waals surface area (Å²) in [6, 6.07) is 19.5. The minimum absolute atomic E-state index is 0.0942. The number of sulfonamides is 1. The fourth-order valence-corrected chi connectivity index (χ4v) is 6.25. The van der Waals surface area contributed by atoms with Gasteiger partial charge in [0.2, 0.25) is 0 Å². The number of fused-ring (bicyclic) bond motifs is 2. The molecule has 0 aliphatic carbocycles. The summed E-state index contributed by atoms with van der Waals surface area (Å²) < 4.78 is 28.9. The Bertz CT molecular complexity index is 1430. The van der Waals surface area contributed by atoms with Gasteiger partial charge >= 0.3 is 0 Å². The number of anilines is 2. The highest BCUT2D eigenvalue weighted by Crippen LogP contribution is 2.33. The van der Waals surface area contributed by atoms with Crippen molar-refractivity contribution in [2.24, 2.45) is 0 Å². The molecule has 6 nitrogen and oxygen atoms in total. The second kappa shape index (κ2) is 7.47. The molecule has 31 heavy (non-hydrogen) atoms. The van der Waals surface area contributed by atoms with Crippen LogP contribution in [0.4, 0.5) is 10.8 Å². The number of carbonyl (C=O) groups excluding carboxylic acids is 1. The van der Waals surface area contributed by atoms with Crippen molar-refractivity contribution < 1.29 is 13.2 Å². The van der Waals surface area contributed by atoms with Crippen LogP contribution in [0.15, 0.2) is 71.6 Å². The van der Waals surface area contributed by atoms with Gasteiger partial charge in [0.1, 0.15) is 0 Å². The van der Waals surface area contributed by atoms with Gasteiger partial charge in [-0.05, 0) is 60.9 Å². The van der Waals surface area contributed by atoms with Crippen LogP contribution in [0, 0.1) is 6.92 Å². The van der Waals surface area contributed by atoms with E-state index in [0.717, 1.165) is 21.3 Å². The Labute approximate surface area is 184 Å². The van der Waals surface area contributed by atoms with Gasteiger partial charge in [0.25, 0.3) is 15.9 Å². The van der Waals surface area contributed by atoms with Gasteiger partial charge in [-0.2, -0.15) is 0 Å². The molecule has 1 aliphatic rings. The van der Waals surface area contributed by atoms with Gasteiger partial charge in [0.15, 0.2) is 5.13 Å². The summed E-state index contributed by atoms with van der Waals surface area (Å²) in [5, 5.41) is 3.27. The van der Waals surface area contributed by atoms with Gasteiger partial charge in [-0.25, -0.2) is 13.4 Å². The second-order valence-electron chi connectivity index (χ2n) is 7.43. The molecule has 0 unspecified atom stereocenters. The highest BCUT2D eigenvalue weighted by molar-refractivity contribution is 7.92. The molecule has 5 rings (SSSR count). The predicted molar refractivity (Wildman–Crippen MR) is 123 cm³/mol. The molecule has 0 bridgehead atoms. The molecule has 1 aliphatic heterocycles. The first-order valence-corrected chi connectivity index (χ1v) is 12.1. The van der Waals surface area contributed by atoms with Crippen molar-refractivity contribution in [3.05, 3.63) is 83.4 Å². The molecule has 2 heterocycles. The van der Waals surface area contributed by atoms with Crippen LogP contribution in [0.2, 0.25) is 0 Å². The number of hydrogen-bond donors (Lipinski definition) is 1. The first-order chi connectivity index (χ1) is 14.9. The molecular weight excluding hydrogens is 430 g/mol. The maximum Gasteiger partial charge on any atom is 0.264 e. The number of aromatic nitrogens is 1. The first-order valence-electron chi connectivity index (χ1n) is 9.81. The second-order valence-corrected chi connectivity index (χ2v) is 10.3. The monoisotopic (exact) mass is 449 g/mol. The van der Waals surface area contributed by atoms with Gasteiger partial charge in [-0.15, -0.1) is 0 Å². The summed E-state index contributed by atoms with van der Waals surface area (Å²) in [4.78, 5) is 17.3. The number of nitrogens with zero attached hydrogens (tertiary/aromatic N) is 2. The van der Waals surface area contributed by atoms with Gasteiger partial charge in [-0.1, -0.05) is 41.7 Å². The van der Waals surface area contributed by atoms with Crippen molar-refractivity contribution in [1.29, 1.82) is 0 Å². The number of aryl methyl sites for hydroxylation is 1. The summed E-state index contributed by atoms with van der Waals surface area (Å²) in [6.45, 7) is 2.39. The average Bonchev–Trinajstić information content (AvgIpc) is 3.37. The Hall–Kier alpha value is -3.23. The van der Waals surface area contributed by atoms with Gasteiger partial charge in [0, 0.05) is 12.1 Å². The minimum Gasteiger partial charge on any atom is -0.298 e. The molecule has 0 spiro atoms. The van der Waals surface area contributed by atoms with E-state index in [9.17, 15) is 13.2 Å². The molecule has 0 atom stereocenters. The van der Waals surface area contributed by atoms with E-state index >= 15 is 0 Å². The maximum absolute atomic E-state index is 13.3. The number of para-hydroxylation sites is 1. The fourth-order valence-electron chi connectivity index (χ4n) is 3.74. The first kappa shape index (κ1) is 19.7. The number of benzene rings is 3. The van der Waals surface area contributed by atoms with Crippen LogP contribution in [0.3, 0.4) is 0 Å². The van der Waals surface area contributed by atoms with E-state index in [-0.39, 0.29) is 10.5 Å².